The molecule has 9 nitrogen and oxygen atoms in total. The van der Waals surface area contributed by atoms with E-state index in [0.717, 1.165) is 0 Å². The first-order valence-electron chi connectivity index (χ1n) is 8.90. The third-order valence-electron chi connectivity index (χ3n) is 4.40. The van der Waals surface area contributed by atoms with E-state index in [2.05, 4.69) is 0 Å². The molecule has 154 valence electrons. The van der Waals surface area contributed by atoms with E-state index in [0.29, 0.717) is 5.56 Å². The summed E-state index contributed by atoms with van der Waals surface area (Å²) in [7, 11) is 1.19. The summed E-state index contributed by atoms with van der Waals surface area (Å²) in [6.45, 7) is 3.25. The minimum absolute atomic E-state index is 0.0261. The molecule has 0 amide bonds. The molecule has 0 spiro atoms. The fourth-order valence-corrected chi connectivity index (χ4v) is 3.02. The molecular weight excluding hydrogens is 382 g/mol. The van der Waals surface area contributed by atoms with E-state index < -0.39 is 28.2 Å². The molecule has 1 aromatic rings. The lowest BCUT2D eigenvalue weighted by Crippen LogP contribution is -2.42. The first-order valence-corrected chi connectivity index (χ1v) is 8.90. The maximum atomic E-state index is 12.8. The van der Waals surface area contributed by atoms with E-state index in [4.69, 9.17) is 14.2 Å². The summed E-state index contributed by atoms with van der Waals surface area (Å²) in [6.07, 6.45) is 2.62. The monoisotopic (exact) mass is 403 g/mol. The lowest BCUT2D eigenvalue weighted by Gasteiger charge is -2.26. The van der Waals surface area contributed by atoms with Crippen LogP contribution in [0, 0.1) is 15.5 Å². The van der Waals surface area contributed by atoms with E-state index in [1.54, 1.807) is 13.8 Å². The Morgan fingerprint density at radius 2 is 1.66 bits per heavy atom. The molecule has 0 unspecified atom stereocenters. The standard InChI is InChI=1S/C20H21NO8/c1-4-28-18(23)20(19(24)29-5-2)12-14(17(22)27-3)11-15(20)10-13-6-8-16(9-7-13)21(25)26/h6-11H,4-5,12H2,1-3H3/b15-10-. The zero-order valence-corrected chi connectivity index (χ0v) is 16.3. The number of benzene rings is 1. The molecule has 0 N–H and O–H groups in total. The smallest absolute Gasteiger partial charge is 0.333 e. The maximum absolute atomic E-state index is 12.8. The van der Waals surface area contributed by atoms with E-state index in [-0.39, 0.29) is 36.5 Å². The van der Waals surface area contributed by atoms with Crippen molar-refractivity contribution in [2.45, 2.75) is 20.3 Å². The second kappa shape index (κ2) is 9.13. The van der Waals surface area contributed by atoms with Crippen LogP contribution in [0.1, 0.15) is 25.8 Å². The van der Waals surface area contributed by atoms with Crippen LogP contribution in [-0.4, -0.2) is 43.2 Å². The van der Waals surface area contributed by atoms with Gasteiger partial charge in [0.1, 0.15) is 0 Å². The van der Waals surface area contributed by atoms with Gasteiger partial charge >= 0.3 is 17.9 Å². The topological polar surface area (TPSA) is 122 Å². The van der Waals surface area contributed by atoms with Gasteiger partial charge in [0.2, 0.25) is 0 Å². The summed E-state index contributed by atoms with van der Waals surface area (Å²) in [5.41, 5.74) is -1.18. The Balaban J connectivity index is 2.62. The van der Waals surface area contributed by atoms with Crippen LogP contribution in [0.3, 0.4) is 0 Å². The average Bonchev–Trinajstić information content (AvgIpc) is 3.08. The number of esters is 3. The average molecular weight is 403 g/mol. The Labute approximate surface area is 167 Å². The number of methoxy groups -OCH3 is 1. The number of ether oxygens (including phenoxy) is 3. The van der Waals surface area contributed by atoms with Gasteiger partial charge in [0.15, 0.2) is 5.41 Å². The molecule has 0 aromatic heterocycles. The van der Waals surface area contributed by atoms with Crippen molar-refractivity contribution in [3.05, 3.63) is 57.2 Å². The highest BCUT2D eigenvalue weighted by atomic mass is 16.6. The Hall–Kier alpha value is -3.49. The zero-order chi connectivity index (χ0) is 21.6. The fraction of sp³-hybridized carbons (Fsp3) is 0.350. The summed E-state index contributed by atoms with van der Waals surface area (Å²) in [5, 5.41) is 10.8. The number of rotatable bonds is 7. The molecule has 29 heavy (non-hydrogen) atoms. The molecular formula is C20H21NO8. The summed E-state index contributed by atoms with van der Waals surface area (Å²) >= 11 is 0. The van der Waals surface area contributed by atoms with Gasteiger partial charge in [-0.1, -0.05) is 0 Å². The number of allylic oxidation sites excluding steroid dienone is 1. The van der Waals surface area contributed by atoms with Crippen LogP contribution in [0.5, 0.6) is 0 Å². The number of nitro groups is 1. The van der Waals surface area contributed by atoms with Gasteiger partial charge in [-0.3, -0.25) is 19.7 Å². The van der Waals surface area contributed by atoms with Gasteiger partial charge in [-0.25, -0.2) is 4.79 Å². The molecule has 0 fully saturated rings. The van der Waals surface area contributed by atoms with Gasteiger partial charge in [0.25, 0.3) is 5.69 Å². The zero-order valence-electron chi connectivity index (χ0n) is 16.3. The highest BCUT2D eigenvalue weighted by Gasteiger charge is 2.55. The molecule has 2 rings (SSSR count). The lowest BCUT2D eigenvalue weighted by molar-refractivity contribution is -0.384. The highest BCUT2D eigenvalue weighted by molar-refractivity contribution is 6.09. The maximum Gasteiger partial charge on any atom is 0.333 e. The Bertz CT molecular complexity index is 864. The lowest BCUT2D eigenvalue weighted by atomic mass is 9.79. The third kappa shape index (κ3) is 4.34. The van der Waals surface area contributed by atoms with Crippen LogP contribution in [0.25, 0.3) is 6.08 Å². The predicted octanol–water partition coefficient (Wildman–Crippen LogP) is 2.59. The van der Waals surface area contributed by atoms with Crippen molar-refractivity contribution in [1.29, 1.82) is 0 Å². The molecule has 0 saturated carbocycles. The van der Waals surface area contributed by atoms with E-state index >= 15 is 0 Å². The van der Waals surface area contributed by atoms with E-state index in [9.17, 15) is 24.5 Å². The van der Waals surface area contributed by atoms with E-state index in [1.807, 2.05) is 0 Å². The normalized spacial score (nSPS) is 16.1. The van der Waals surface area contributed by atoms with Gasteiger partial charge < -0.3 is 14.2 Å². The van der Waals surface area contributed by atoms with Crippen LogP contribution in [0.2, 0.25) is 0 Å². The molecule has 1 aliphatic rings. The van der Waals surface area contributed by atoms with Crippen LogP contribution >= 0.6 is 0 Å². The van der Waals surface area contributed by atoms with Gasteiger partial charge in [0.05, 0.1) is 25.2 Å². The number of carbonyl (C=O) groups is 3. The Morgan fingerprint density at radius 1 is 1.10 bits per heavy atom. The number of nitro benzene ring substituents is 1. The molecule has 0 radical (unpaired) electrons. The molecule has 9 heteroatoms. The second-order valence-electron chi connectivity index (χ2n) is 6.13. The molecule has 0 heterocycles. The summed E-state index contributed by atoms with van der Waals surface area (Å²) in [6, 6.07) is 5.53. The molecule has 1 aliphatic carbocycles. The van der Waals surface area contributed by atoms with Crippen LogP contribution in [-0.2, 0) is 28.6 Å². The highest BCUT2D eigenvalue weighted by Crippen LogP contribution is 2.45. The van der Waals surface area contributed by atoms with Crippen LogP contribution in [0.15, 0.2) is 41.5 Å². The quantitative estimate of drug-likeness (QED) is 0.224. The summed E-state index contributed by atoms with van der Waals surface area (Å²) in [5.74, 6) is -2.38. The number of hydrogen-bond acceptors (Lipinski definition) is 8. The van der Waals surface area contributed by atoms with Gasteiger partial charge in [-0.05, 0) is 49.3 Å². The first-order chi connectivity index (χ1) is 13.8. The van der Waals surface area contributed by atoms with Crippen LogP contribution in [0.4, 0.5) is 5.69 Å². The molecule has 0 aliphatic heterocycles. The summed E-state index contributed by atoms with van der Waals surface area (Å²) < 4.78 is 15.0. The van der Waals surface area contributed by atoms with Crippen molar-refractivity contribution in [2.24, 2.45) is 5.41 Å². The predicted molar refractivity (Wildman–Crippen MR) is 101 cm³/mol. The number of carbonyl (C=O) groups excluding carboxylic acids is 3. The SMILES string of the molecule is CCOC(=O)C1(C(=O)OCC)CC(C(=O)OC)=C/C1=C/c1ccc([N+](=O)[O-])cc1. The number of hydrogen-bond donors (Lipinski definition) is 0. The Morgan fingerprint density at radius 3 is 2.10 bits per heavy atom. The van der Waals surface area contributed by atoms with Crippen molar-refractivity contribution in [3.8, 4) is 0 Å². The number of nitrogens with zero attached hydrogens (tertiary/aromatic N) is 1. The Kier molecular flexibility index (Phi) is 6.87. The molecule has 0 saturated heterocycles. The van der Waals surface area contributed by atoms with Crippen LogP contribution < -0.4 is 0 Å². The van der Waals surface area contributed by atoms with Gasteiger partial charge in [-0.2, -0.15) is 0 Å². The largest absolute Gasteiger partial charge is 0.466 e. The van der Waals surface area contributed by atoms with E-state index in [1.165, 1.54) is 43.5 Å². The van der Waals surface area contributed by atoms with Crippen molar-refractivity contribution in [2.75, 3.05) is 20.3 Å². The molecule has 0 atom stereocenters. The minimum atomic E-state index is -1.86. The number of non-ortho nitro benzene ring substituents is 1. The second-order valence-corrected chi connectivity index (χ2v) is 6.13. The van der Waals surface area contributed by atoms with Crippen molar-refractivity contribution >= 4 is 29.7 Å². The summed E-state index contributed by atoms with van der Waals surface area (Å²) in [4.78, 5) is 48.1. The van der Waals surface area contributed by atoms with Gasteiger partial charge in [-0.15, -0.1) is 0 Å². The molecule has 1 aromatic carbocycles. The third-order valence-corrected chi connectivity index (χ3v) is 4.40. The fourth-order valence-electron chi connectivity index (χ4n) is 3.02. The first kappa shape index (κ1) is 21.8. The minimum Gasteiger partial charge on any atom is -0.466 e. The van der Waals surface area contributed by atoms with Crippen molar-refractivity contribution < 1.29 is 33.5 Å². The van der Waals surface area contributed by atoms with Crippen molar-refractivity contribution in [1.82, 2.24) is 0 Å². The van der Waals surface area contributed by atoms with Crippen molar-refractivity contribution in [3.63, 3.8) is 0 Å². The van der Waals surface area contributed by atoms with Gasteiger partial charge in [0, 0.05) is 24.1 Å². The molecule has 0 bridgehead atoms.